The second kappa shape index (κ2) is 8.50. The van der Waals surface area contributed by atoms with Crippen molar-refractivity contribution in [3.05, 3.63) is 70.5 Å². The molecule has 2 fully saturated rings. The molecule has 3 nitrogen and oxygen atoms in total. The number of nitrogens with zero attached hydrogens (tertiary/aromatic N) is 2. The maximum Gasteiger partial charge on any atom is 0.256 e. The Hall–Kier alpha value is -2.20. The molecule has 1 aliphatic carbocycles. The first kappa shape index (κ1) is 19.7. The monoisotopic (exact) mass is 406 g/mol. The normalized spacial score (nSPS) is 21.0. The molecule has 0 bridgehead atoms. The van der Waals surface area contributed by atoms with Crippen LogP contribution in [0.4, 0.5) is 4.39 Å². The number of benzene rings is 2. The summed E-state index contributed by atoms with van der Waals surface area (Å²) in [7, 11) is 0. The minimum atomic E-state index is -0.425. The lowest BCUT2D eigenvalue weighted by molar-refractivity contribution is 0.0708. The lowest BCUT2D eigenvalue weighted by Gasteiger charge is -2.36. The zero-order valence-electron chi connectivity index (χ0n) is 17.7. The molecule has 158 valence electrons. The van der Waals surface area contributed by atoms with Gasteiger partial charge in [-0.1, -0.05) is 36.8 Å². The van der Waals surface area contributed by atoms with E-state index < -0.39 is 5.82 Å². The number of carbonyl (C=O) groups excluding carboxylic acids is 1. The second-order valence-electron chi connectivity index (χ2n) is 9.20. The number of halogens is 1. The van der Waals surface area contributed by atoms with Crippen LogP contribution in [0.1, 0.15) is 65.1 Å². The van der Waals surface area contributed by atoms with E-state index in [0.29, 0.717) is 19.0 Å². The number of piperidine rings is 1. The SMILES string of the molecule is O=C(c1ccccc1F)N1CCC(c2ccc3c(c2)CCN(C2CCC2)CC3)CC1. The third-order valence-electron chi connectivity index (χ3n) is 7.52. The molecule has 1 saturated heterocycles. The Morgan fingerprint density at radius 2 is 1.60 bits per heavy atom. The quantitative estimate of drug-likeness (QED) is 0.731. The third kappa shape index (κ3) is 3.90. The molecule has 0 spiro atoms. The van der Waals surface area contributed by atoms with Crippen molar-refractivity contribution in [3.8, 4) is 0 Å². The number of fused-ring (bicyclic) bond motifs is 1. The zero-order chi connectivity index (χ0) is 20.5. The molecule has 0 unspecified atom stereocenters. The molecular weight excluding hydrogens is 375 g/mol. The first-order valence-corrected chi connectivity index (χ1v) is 11.6. The van der Waals surface area contributed by atoms with Crippen molar-refractivity contribution in [2.24, 2.45) is 0 Å². The van der Waals surface area contributed by atoms with Crippen LogP contribution in [0.2, 0.25) is 0 Å². The first-order chi connectivity index (χ1) is 14.7. The number of amides is 1. The van der Waals surface area contributed by atoms with E-state index >= 15 is 0 Å². The molecular formula is C26H31FN2O. The molecule has 0 N–H and O–H groups in total. The van der Waals surface area contributed by atoms with Crippen LogP contribution < -0.4 is 0 Å². The van der Waals surface area contributed by atoms with Gasteiger partial charge in [0.25, 0.3) is 5.91 Å². The summed E-state index contributed by atoms with van der Waals surface area (Å²) in [6.45, 7) is 3.79. The molecule has 0 aromatic heterocycles. The lowest BCUT2D eigenvalue weighted by atomic mass is 9.86. The molecule has 4 heteroatoms. The molecule has 1 saturated carbocycles. The summed E-state index contributed by atoms with van der Waals surface area (Å²) in [5, 5.41) is 0. The lowest BCUT2D eigenvalue weighted by Crippen LogP contribution is -2.41. The molecule has 30 heavy (non-hydrogen) atoms. The van der Waals surface area contributed by atoms with Crippen molar-refractivity contribution < 1.29 is 9.18 Å². The van der Waals surface area contributed by atoms with Gasteiger partial charge in [0, 0.05) is 32.2 Å². The molecule has 0 radical (unpaired) electrons. The van der Waals surface area contributed by atoms with Crippen molar-refractivity contribution in [2.45, 2.75) is 56.9 Å². The largest absolute Gasteiger partial charge is 0.339 e. The summed E-state index contributed by atoms with van der Waals surface area (Å²) in [6, 6.07) is 14.2. The second-order valence-corrected chi connectivity index (χ2v) is 9.20. The Kier molecular flexibility index (Phi) is 5.60. The van der Waals surface area contributed by atoms with Gasteiger partial charge < -0.3 is 4.90 Å². The van der Waals surface area contributed by atoms with E-state index in [0.717, 1.165) is 25.3 Å². The van der Waals surface area contributed by atoms with Crippen molar-refractivity contribution in [1.82, 2.24) is 9.80 Å². The fourth-order valence-corrected chi connectivity index (χ4v) is 5.35. The molecule has 2 heterocycles. The van der Waals surface area contributed by atoms with Gasteiger partial charge in [-0.25, -0.2) is 4.39 Å². The Morgan fingerprint density at radius 3 is 2.30 bits per heavy atom. The third-order valence-corrected chi connectivity index (χ3v) is 7.52. The maximum atomic E-state index is 14.0. The summed E-state index contributed by atoms with van der Waals surface area (Å²) in [4.78, 5) is 17.2. The van der Waals surface area contributed by atoms with Gasteiger partial charge in [-0.3, -0.25) is 9.69 Å². The topological polar surface area (TPSA) is 23.6 Å². The van der Waals surface area contributed by atoms with Crippen LogP contribution in [0.25, 0.3) is 0 Å². The van der Waals surface area contributed by atoms with Gasteiger partial charge in [0.2, 0.25) is 0 Å². The minimum absolute atomic E-state index is 0.176. The predicted octanol–water partition coefficient (Wildman–Crippen LogP) is 4.80. The van der Waals surface area contributed by atoms with E-state index in [2.05, 4.69) is 23.1 Å². The van der Waals surface area contributed by atoms with E-state index in [9.17, 15) is 9.18 Å². The average Bonchev–Trinajstić information content (AvgIpc) is 2.95. The van der Waals surface area contributed by atoms with Crippen LogP contribution in [-0.2, 0) is 12.8 Å². The highest BCUT2D eigenvalue weighted by atomic mass is 19.1. The van der Waals surface area contributed by atoms with Gasteiger partial charge in [-0.15, -0.1) is 0 Å². The van der Waals surface area contributed by atoms with Crippen LogP contribution in [0, 0.1) is 5.82 Å². The Bertz CT molecular complexity index is 915. The van der Waals surface area contributed by atoms with E-state index in [1.807, 2.05) is 4.90 Å². The summed E-state index contributed by atoms with van der Waals surface area (Å²) in [6.07, 6.45) is 8.39. The van der Waals surface area contributed by atoms with Gasteiger partial charge >= 0.3 is 0 Å². The fourth-order valence-electron chi connectivity index (χ4n) is 5.35. The Morgan fingerprint density at radius 1 is 0.867 bits per heavy atom. The van der Waals surface area contributed by atoms with Crippen LogP contribution in [0.3, 0.4) is 0 Å². The molecule has 2 aromatic carbocycles. The Balaban J connectivity index is 1.22. The summed E-state index contributed by atoms with van der Waals surface area (Å²) < 4.78 is 14.0. The van der Waals surface area contributed by atoms with Crippen LogP contribution in [-0.4, -0.2) is 47.9 Å². The summed E-state index contributed by atoms with van der Waals surface area (Å²) in [5.74, 6) is -0.109. The molecule has 2 aromatic rings. The zero-order valence-corrected chi connectivity index (χ0v) is 17.7. The smallest absolute Gasteiger partial charge is 0.256 e. The van der Waals surface area contributed by atoms with Crippen molar-refractivity contribution >= 4 is 5.91 Å². The first-order valence-electron chi connectivity index (χ1n) is 11.6. The minimum Gasteiger partial charge on any atom is -0.339 e. The highest BCUT2D eigenvalue weighted by molar-refractivity contribution is 5.94. The highest BCUT2D eigenvalue weighted by Gasteiger charge is 2.28. The number of rotatable bonds is 3. The van der Waals surface area contributed by atoms with Gasteiger partial charge in [0.05, 0.1) is 5.56 Å². The number of hydrogen-bond acceptors (Lipinski definition) is 2. The predicted molar refractivity (Wildman–Crippen MR) is 117 cm³/mol. The molecule has 0 atom stereocenters. The van der Waals surface area contributed by atoms with E-state index in [1.165, 1.54) is 61.5 Å². The highest BCUT2D eigenvalue weighted by Crippen LogP contribution is 2.32. The van der Waals surface area contributed by atoms with Crippen LogP contribution in [0.15, 0.2) is 42.5 Å². The van der Waals surface area contributed by atoms with Crippen molar-refractivity contribution in [3.63, 3.8) is 0 Å². The average molecular weight is 407 g/mol. The van der Waals surface area contributed by atoms with Gasteiger partial charge in [0.15, 0.2) is 0 Å². The van der Waals surface area contributed by atoms with Crippen molar-refractivity contribution in [2.75, 3.05) is 26.2 Å². The van der Waals surface area contributed by atoms with Crippen LogP contribution in [0.5, 0.6) is 0 Å². The summed E-state index contributed by atoms with van der Waals surface area (Å²) >= 11 is 0. The summed E-state index contributed by atoms with van der Waals surface area (Å²) in [5.41, 5.74) is 4.66. The maximum absolute atomic E-state index is 14.0. The number of carbonyl (C=O) groups is 1. The number of likely N-dealkylation sites (tertiary alicyclic amines) is 1. The van der Waals surface area contributed by atoms with Gasteiger partial charge in [-0.2, -0.15) is 0 Å². The molecule has 1 amide bonds. The number of hydrogen-bond donors (Lipinski definition) is 0. The molecule has 3 aliphatic rings. The molecule has 2 aliphatic heterocycles. The van der Waals surface area contributed by atoms with Crippen molar-refractivity contribution in [1.29, 1.82) is 0 Å². The van der Waals surface area contributed by atoms with E-state index in [-0.39, 0.29) is 11.5 Å². The standard InChI is InChI=1S/C26H31FN2O/c27-25-7-2-1-6-24(25)26(30)29-16-11-20(12-17-29)21-9-8-19-10-14-28(23-4-3-5-23)15-13-22(19)18-21/h1-2,6-9,18,20,23H,3-5,10-17H2. The molecule has 5 rings (SSSR count). The Labute approximate surface area is 178 Å². The van der Waals surface area contributed by atoms with Crippen LogP contribution >= 0.6 is 0 Å². The van der Waals surface area contributed by atoms with E-state index in [4.69, 9.17) is 0 Å². The van der Waals surface area contributed by atoms with Gasteiger partial charge in [0.1, 0.15) is 5.82 Å². The van der Waals surface area contributed by atoms with Gasteiger partial charge in [-0.05, 0) is 73.3 Å². The van der Waals surface area contributed by atoms with E-state index in [1.54, 1.807) is 18.2 Å². The fraction of sp³-hybridized carbons (Fsp3) is 0.500.